The van der Waals surface area contributed by atoms with Gasteiger partial charge >= 0.3 is 0 Å². The molecule has 1 nitrogen and oxygen atoms in total. The molecule has 0 spiro atoms. The van der Waals surface area contributed by atoms with Crippen LogP contribution in [0.15, 0.2) is 224 Å². The average Bonchev–Trinajstić information content (AvgIpc) is 4.06. The van der Waals surface area contributed by atoms with E-state index >= 15 is 0 Å². The van der Waals surface area contributed by atoms with Crippen molar-refractivity contribution in [2.24, 2.45) is 0 Å². The summed E-state index contributed by atoms with van der Waals surface area (Å²) in [4.78, 5) is 2.67. The van der Waals surface area contributed by atoms with Crippen LogP contribution in [0.3, 0.4) is 0 Å². The van der Waals surface area contributed by atoms with Gasteiger partial charge in [0.1, 0.15) is 0 Å². The van der Waals surface area contributed by atoms with Crippen molar-refractivity contribution in [2.75, 3.05) is 4.90 Å². The third-order valence-electron chi connectivity index (χ3n) is 16.1. The molecule has 0 bridgehead atoms. The predicted molar refractivity (Wildman–Crippen MR) is 292 cm³/mol. The minimum Gasteiger partial charge on any atom is -0.309 e. The third-order valence-corrected chi connectivity index (χ3v) is 17.3. The fraction of sp³-hybridized carbons (Fsp3) is 0.104. The van der Waals surface area contributed by atoms with Crippen molar-refractivity contribution in [3.05, 3.63) is 269 Å². The Labute approximate surface area is 408 Å². The van der Waals surface area contributed by atoms with Gasteiger partial charge in [0.2, 0.25) is 0 Å². The van der Waals surface area contributed by atoms with Crippen LogP contribution in [0.2, 0.25) is 0 Å². The Balaban J connectivity index is 1.17. The average molecular weight is 900 g/mol. The van der Waals surface area contributed by atoms with Crippen LogP contribution in [0.1, 0.15) is 72.2 Å². The number of hydrogen-bond donors (Lipinski definition) is 0. The molecule has 0 amide bonds. The molecule has 1 heterocycles. The number of hydrogen-bond acceptors (Lipinski definition) is 2. The summed E-state index contributed by atoms with van der Waals surface area (Å²) in [6.45, 7) is 9.62. The van der Waals surface area contributed by atoms with Crippen LogP contribution in [-0.4, -0.2) is 0 Å². The number of nitrogens with zero attached hydrogens (tertiary/aromatic N) is 1. The van der Waals surface area contributed by atoms with Gasteiger partial charge in [-0.15, -0.1) is 11.3 Å². The second-order valence-corrected chi connectivity index (χ2v) is 21.4. The third kappa shape index (κ3) is 5.52. The van der Waals surface area contributed by atoms with Gasteiger partial charge in [-0.3, -0.25) is 0 Å². The minimum atomic E-state index is -0.615. The van der Waals surface area contributed by atoms with Gasteiger partial charge in [-0.2, -0.15) is 0 Å². The summed E-state index contributed by atoms with van der Waals surface area (Å²) in [6, 6.07) is 85.2. The Morgan fingerprint density at radius 3 is 1.45 bits per heavy atom. The van der Waals surface area contributed by atoms with Crippen LogP contribution in [-0.2, 0) is 16.2 Å². The Morgan fingerprint density at radius 1 is 0.348 bits per heavy atom. The van der Waals surface area contributed by atoms with E-state index in [0.29, 0.717) is 0 Å². The Hall–Kier alpha value is -7.78. The van der Waals surface area contributed by atoms with E-state index in [4.69, 9.17) is 0 Å². The van der Waals surface area contributed by atoms with E-state index < -0.39 is 5.41 Å². The van der Waals surface area contributed by atoms with E-state index in [1.54, 1.807) is 0 Å². The molecule has 0 fully saturated rings. The molecule has 0 atom stereocenters. The number of benzene rings is 10. The van der Waals surface area contributed by atoms with Gasteiger partial charge in [0.15, 0.2) is 0 Å². The zero-order valence-electron chi connectivity index (χ0n) is 39.2. The van der Waals surface area contributed by atoms with Crippen LogP contribution in [0, 0.1) is 0 Å². The first kappa shape index (κ1) is 40.3. The first-order valence-electron chi connectivity index (χ1n) is 24.3. The molecular weight excluding hydrogens is 851 g/mol. The molecular formula is C67H49NS. The topological polar surface area (TPSA) is 3.24 Å². The highest BCUT2D eigenvalue weighted by Crippen LogP contribution is 2.64. The summed E-state index contributed by atoms with van der Waals surface area (Å²) in [5.74, 6) is 0. The van der Waals surface area contributed by atoms with Crippen molar-refractivity contribution in [3.63, 3.8) is 0 Å². The molecule has 0 N–H and O–H groups in total. The van der Waals surface area contributed by atoms with Crippen LogP contribution in [0.4, 0.5) is 17.1 Å². The number of rotatable bonds is 6. The van der Waals surface area contributed by atoms with Crippen LogP contribution in [0.25, 0.3) is 64.7 Å². The number of fused-ring (bicyclic) bond motifs is 12. The zero-order chi connectivity index (χ0) is 46.2. The Bertz CT molecular complexity index is 3750. The normalized spacial score (nSPS) is 15.0. The summed E-state index contributed by atoms with van der Waals surface area (Å²) in [6.07, 6.45) is 0. The molecule has 328 valence electrons. The van der Waals surface area contributed by atoms with Crippen molar-refractivity contribution in [2.45, 2.75) is 43.9 Å². The molecule has 2 heteroatoms. The minimum absolute atomic E-state index is 0.189. The molecule has 11 aromatic rings. The number of anilines is 3. The lowest BCUT2D eigenvalue weighted by Gasteiger charge is -2.35. The van der Waals surface area contributed by atoms with E-state index in [0.717, 1.165) is 11.4 Å². The second kappa shape index (κ2) is 14.6. The van der Waals surface area contributed by atoms with E-state index in [-0.39, 0.29) is 10.8 Å². The van der Waals surface area contributed by atoms with Crippen molar-refractivity contribution in [1.29, 1.82) is 0 Å². The molecule has 3 aliphatic carbocycles. The van der Waals surface area contributed by atoms with E-state index in [9.17, 15) is 0 Å². The maximum absolute atomic E-state index is 2.67. The van der Waals surface area contributed by atoms with Crippen LogP contribution in [0.5, 0.6) is 0 Å². The molecule has 69 heavy (non-hydrogen) atoms. The molecule has 1 aromatic heterocycles. The lowest BCUT2D eigenvalue weighted by molar-refractivity contribution is 0.660. The molecule has 0 saturated heterocycles. The summed E-state index contributed by atoms with van der Waals surface area (Å²) in [5, 5.41) is 2.56. The summed E-state index contributed by atoms with van der Waals surface area (Å²) in [7, 11) is 0. The van der Waals surface area contributed by atoms with E-state index in [1.807, 2.05) is 11.3 Å². The highest BCUT2D eigenvalue weighted by molar-refractivity contribution is 7.26. The maximum Gasteiger partial charge on any atom is 0.0714 e. The highest BCUT2D eigenvalue weighted by Gasteiger charge is 2.49. The van der Waals surface area contributed by atoms with Gasteiger partial charge in [0, 0.05) is 47.9 Å². The SMILES string of the molecule is CC1(C)c2ccccc2-c2ccc(N(c3ccc4c(c3)C(C)(C)c3ccccc3-4)c3c4c(cc5sc6ccccc6c35)C(c3ccccc3)(c3ccccc3)c3ccc(-c5ccccc5)cc3-4)cc21. The molecule has 0 saturated carbocycles. The molecule has 3 aliphatic rings. The van der Waals surface area contributed by atoms with Crippen molar-refractivity contribution in [3.8, 4) is 44.5 Å². The van der Waals surface area contributed by atoms with Crippen molar-refractivity contribution < 1.29 is 0 Å². The Kier molecular flexibility index (Phi) is 8.54. The molecule has 0 radical (unpaired) electrons. The first-order valence-corrected chi connectivity index (χ1v) is 25.2. The quantitative estimate of drug-likeness (QED) is 0.161. The number of thiophene rings is 1. The molecule has 10 aromatic carbocycles. The largest absolute Gasteiger partial charge is 0.309 e. The molecule has 0 aliphatic heterocycles. The summed E-state index contributed by atoms with van der Waals surface area (Å²) in [5.41, 5.74) is 23.4. The lowest BCUT2D eigenvalue weighted by atomic mass is 9.67. The van der Waals surface area contributed by atoms with Gasteiger partial charge in [-0.05, 0) is 126 Å². The summed E-state index contributed by atoms with van der Waals surface area (Å²) >= 11 is 1.92. The van der Waals surface area contributed by atoms with Crippen molar-refractivity contribution in [1.82, 2.24) is 0 Å². The van der Waals surface area contributed by atoms with E-state index in [1.165, 1.54) is 115 Å². The van der Waals surface area contributed by atoms with Gasteiger partial charge in [0.05, 0.1) is 11.1 Å². The van der Waals surface area contributed by atoms with Crippen LogP contribution >= 0.6 is 11.3 Å². The smallest absolute Gasteiger partial charge is 0.0714 e. The molecule has 0 unspecified atom stereocenters. The predicted octanol–water partition coefficient (Wildman–Crippen LogP) is 18.2. The highest BCUT2D eigenvalue weighted by atomic mass is 32.1. The molecule has 14 rings (SSSR count). The second-order valence-electron chi connectivity index (χ2n) is 20.4. The van der Waals surface area contributed by atoms with Crippen molar-refractivity contribution >= 4 is 48.6 Å². The first-order chi connectivity index (χ1) is 33.7. The van der Waals surface area contributed by atoms with Gasteiger partial charge in [0.25, 0.3) is 0 Å². The van der Waals surface area contributed by atoms with Gasteiger partial charge < -0.3 is 4.90 Å². The van der Waals surface area contributed by atoms with Gasteiger partial charge in [-0.25, -0.2) is 0 Å². The maximum atomic E-state index is 2.67. The summed E-state index contributed by atoms with van der Waals surface area (Å²) < 4.78 is 2.57. The lowest BCUT2D eigenvalue weighted by Crippen LogP contribution is -2.28. The zero-order valence-corrected chi connectivity index (χ0v) is 40.0. The van der Waals surface area contributed by atoms with E-state index in [2.05, 4.69) is 257 Å². The van der Waals surface area contributed by atoms with Crippen LogP contribution < -0.4 is 4.90 Å². The standard InChI is InChI=1S/C67H49NS/c1-65(2)54-29-17-14-26-48(54)50-35-33-46(39-57(50)65)68(47-34-36-51-49-27-15-18-30-55(49)66(3,4)58(51)40-47)64-62-53-38-43(42-20-8-5-9-21-42)32-37-56(53)67(44-22-10-6-11-23-44,45-24-12-7-13-25-45)59(62)41-61-63(64)52-28-16-19-31-60(52)69-61/h5-41H,1-4H3. The monoisotopic (exact) mass is 899 g/mol. The van der Waals surface area contributed by atoms with Gasteiger partial charge in [-0.1, -0.05) is 210 Å². The fourth-order valence-electron chi connectivity index (χ4n) is 12.9. The fourth-order valence-corrected chi connectivity index (χ4v) is 14.1. The Morgan fingerprint density at radius 2 is 0.855 bits per heavy atom.